The van der Waals surface area contributed by atoms with Crippen molar-refractivity contribution in [2.45, 2.75) is 18.6 Å². The van der Waals surface area contributed by atoms with E-state index in [9.17, 15) is 32.0 Å². The first-order valence-electron chi connectivity index (χ1n) is 12.7. The van der Waals surface area contributed by atoms with Crippen LogP contribution in [0.5, 0.6) is 0 Å². The van der Waals surface area contributed by atoms with E-state index >= 15 is 0 Å². The van der Waals surface area contributed by atoms with Crippen molar-refractivity contribution in [3.8, 4) is 22.9 Å². The van der Waals surface area contributed by atoms with Gasteiger partial charge in [0, 0.05) is 41.7 Å². The predicted molar refractivity (Wildman–Crippen MR) is 146 cm³/mol. The van der Waals surface area contributed by atoms with Gasteiger partial charge in [-0.3, -0.25) is 9.78 Å². The number of hydrogen-bond acceptors (Lipinski definition) is 6. The summed E-state index contributed by atoms with van der Waals surface area (Å²) in [6, 6.07) is 10.1. The van der Waals surface area contributed by atoms with Crippen LogP contribution in [0.15, 0.2) is 61.1 Å². The van der Waals surface area contributed by atoms with Gasteiger partial charge in [0.15, 0.2) is 17.3 Å². The van der Waals surface area contributed by atoms with Crippen molar-refractivity contribution < 1.29 is 26.7 Å². The largest absolute Gasteiger partial charge is 0.435 e. The van der Waals surface area contributed by atoms with Crippen LogP contribution in [-0.2, 0) is 17.5 Å². The number of nitrogens with zero attached hydrogens (tertiary/aromatic N) is 6. The molecule has 7 nitrogen and oxygen atoms in total. The summed E-state index contributed by atoms with van der Waals surface area (Å²) < 4.78 is 72.4. The van der Waals surface area contributed by atoms with E-state index in [1.165, 1.54) is 23.5 Å². The van der Waals surface area contributed by atoms with E-state index in [-0.39, 0.29) is 30.1 Å². The lowest BCUT2D eigenvalue weighted by molar-refractivity contribution is -0.140. The van der Waals surface area contributed by atoms with Crippen LogP contribution in [0, 0.1) is 23.0 Å². The van der Waals surface area contributed by atoms with Gasteiger partial charge in [0.1, 0.15) is 16.6 Å². The van der Waals surface area contributed by atoms with E-state index in [2.05, 4.69) is 16.2 Å². The zero-order chi connectivity index (χ0) is 30.2. The van der Waals surface area contributed by atoms with Crippen LogP contribution < -0.4 is 0 Å². The van der Waals surface area contributed by atoms with Gasteiger partial charge in [0.05, 0.1) is 18.9 Å². The summed E-state index contributed by atoms with van der Waals surface area (Å²) in [4.78, 5) is 21.1. The molecule has 13 heteroatoms. The Hall–Kier alpha value is -4.41. The number of alkyl halides is 3. The summed E-state index contributed by atoms with van der Waals surface area (Å²) in [5, 5.41) is 13.1. The van der Waals surface area contributed by atoms with Gasteiger partial charge in [-0.25, -0.2) is 13.5 Å². The Morgan fingerprint density at radius 2 is 1.88 bits per heavy atom. The smallest absolute Gasteiger partial charge is 0.333 e. The highest BCUT2D eigenvalue weighted by Gasteiger charge is 2.40. The summed E-state index contributed by atoms with van der Waals surface area (Å²) in [7, 11) is 3.72. The zero-order valence-electron chi connectivity index (χ0n) is 22.4. The molecule has 1 amide bonds. The second-order valence-electron chi connectivity index (χ2n) is 9.91. The number of nitriles is 1. The molecule has 1 aliphatic heterocycles. The van der Waals surface area contributed by atoms with Gasteiger partial charge in [-0.15, -0.1) is 11.3 Å². The average molecular weight is 599 g/mol. The minimum Gasteiger partial charge on any atom is -0.333 e. The SMILES string of the molecule is CN(C)C/C=C/C(=O)N1Cc2sc(C#N)cc2[C@H](c2ccccc2-c2cn(-c3c(F)cncc3F)nc2C(F)(F)F)C1. The Morgan fingerprint density at radius 3 is 2.55 bits per heavy atom. The molecule has 0 saturated carbocycles. The van der Waals surface area contributed by atoms with Crippen LogP contribution >= 0.6 is 11.3 Å². The molecule has 0 bridgehead atoms. The third kappa shape index (κ3) is 5.68. The topological polar surface area (TPSA) is 78.0 Å². The number of rotatable bonds is 6. The van der Waals surface area contributed by atoms with Crippen LogP contribution in [0.2, 0.25) is 0 Å². The number of likely N-dealkylation sites (N-methyl/N-ethyl adjacent to an activating group) is 1. The maximum Gasteiger partial charge on any atom is 0.435 e. The summed E-state index contributed by atoms with van der Waals surface area (Å²) in [6.07, 6.45) is 0.529. The first kappa shape index (κ1) is 29.1. The van der Waals surface area contributed by atoms with Gasteiger partial charge in [0.2, 0.25) is 5.91 Å². The molecule has 0 aliphatic carbocycles. The average Bonchev–Trinajstić information content (AvgIpc) is 3.57. The Bertz CT molecular complexity index is 1700. The van der Waals surface area contributed by atoms with Gasteiger partial charge >= 0.3 is 6.18 Å². The van der Waals surface area contributed by atoms with E-state index in [4.69, 9.17) is 0 Å². The Balaban J connectivity index is 1.65. The minimum absolute atomic E-state index is 0.129. The molecule has 4 heterocycles. The Morgan fingerprint density at radius 1 is 1.17 bits per heavy atom. The van der Waals surface area contributed by atoms with E-state index in [1.54, 1.807) is 35.2 Å². The number of benzene rings is 1. The predicted octanol–water partition coefficient (Wildman–Crippen LogP) is 5.76. The van der Waals surface area contributed by atoms with E-state index < -0.39 is 35.1 Å². The van der Waals surface area contributed by atoms with Crippen molar-refractivity contribution in [3.05, 3.63) is 99.3 Å². The number of halogens is 5. The summed E-state index contributed by atoms with van der Waals surface area (Å²) in [5.74, 6) is -3.22. The van der Waals surface area contributed by atoms with Gasteiger partial charge in [-0.1, -0.05) is 30.3 Å². The van der Waals surface area contributed by atoms with Gasteiger partial charge < -0.3 is 9.80 Å². The number of hydrogen-bond donors (Lipinski definition) is 0. The third-order valence-electron chi connectivity index (χ3n) is 6.77. The fraction of sp³-hybridized carbons (Fsp3) is 0.241. The normalized spacial score (nSPS) is 15.3. The summed E-state index contributed by atoms with van der Waals surface area (Å²) in [5.41, 5.74) is -1.21. The monoisotopic (exact) mass is 598 g/mol. The molecule has 42 heavy (non-hydrogen) atoms. The number of amides is 1. The van der Waals surface area contributed by atoms with Crippen LogP contribution in [-0.4, -0.2) is 57.7 Å². The standard InChI is InChI=1S/C29H23F5N6OS/c1-38(2)9-5-8-26(41)39-14-21(20-10-17(11-35)42-25(20)16-39)18-6-3-4-7-19(18)22-15-40(37-28(22)29(32,33)34)27-23(30)12-36-13-24(27)31/h3-8,10,12-13,15,21H,9,14,16H2,1-2H3/b8-5+/t21-/m0/s1. The lowest BCUT2D eigenvalue weighted by atomic mass is 9.83. The molecule has 0 radical (unpaired) electrons. The minimum atomic E-state index is -4.96. The molecule has 216 valence electrons. The molecule has 3 aromatic heterocycles. The first-order valence-corrected chi connectivity index (χ1v) is 13.5. The molecule has 1 aromatic carbocycles. The van der Waals surface area contributed by atoms with Crippen molar-refractivity contribution >= 4 is 17.2 Å². The number of fused-ring (bicyclic) bond motifs is 1. The highest BCUT2D eigenvalue weighted by atomic mass is 32.1. The lowest BCUT2D eigenvalue weighted by Crippen LogP contribution is -2.37. The maximum atomic E-state index is 14.5. The fourth-order valence-corrected chi connectivity index (χ4v) is 5.98. The van der Waals surface area contributed by atoms with E-state index in [0.29, 0.717) is 34.1 Å². The number of carbonyl (C=O) groups excluding carboxylic acids is 1. The first-order chi connectivity index (χ1) is 20.0. The number of carbonyl (C=O) groups is 1. The Labute approximate surface area is 241 Å². The number of aromatic nitrogens is 3. The molecule has 0 N–H and O–H groups in total. The third-order valence-corrected chi connectivity index (χ3v) is 7.81. The fourth-order valence-electron chi connectivity index (χ4n) is 4.94. The van der Waals surface area contributed by atoms with Crippen LogP contribution in [0.4, 0.5) is 22.0 Å². The molecular formula is C29H23F5N6OS. The second kappa shape index (κ2) is 11.5. The molecule has 1 atom stereocenters. The zero-order valence-corrected chi connectivity index (χ0v) is 23.2. The van der Waals surface area contributed by atoms with Crippen molar-refractivity contribution in [2.75, 3.05) is 27.2 Å². The molecule has 0 spiro atoms. The number of pyridine rings is 1. The van der Waals surface area contributed by atoms with Gasteiger partial charge in [-0.2, -0.15) is 23.5 Å². The molecule has 5 rings (SSSR count). The highest BCUT2D eigenvalue weighted by molar-refractivity contribution is 7.12. The van der Waals surface area contributed by atoms with Crippen molar-refractivity contribution in [2.24, 2.45) is 0 Å². The van der Waals surface area contributed by atoms with Crippen LogP contribution in [0.25, 0.3) is 16.8 Å². The van der Waals surface area contributed by atoms with Crippen molar-refractivity contribution in [3.63, 3.8) is 0 Å². The lowest BCUT2D eigenvalue weighted by Gasteiger charge is -2.33. The number of thiophene rings is 1. The molecule has 0 saturated heterocycles. The van der Waals surface area contributed by atoms with Crippen LogP contribution in [0.1, 0.15) is 32.5 Å². The molecular weight excluding hydrogens is 575 g/mol. The molecule has 1 aliphatic rings. The summed E-state index contributed by atoms with van der Waals surface area (Å²) in [6.45, 7) is 0.926. The molecule has 4 aromatic rings. The van der Waals surface area contributed by atoms with Crippen LogP contribution in [0.3, 0.4) is 0 Å². The van der Waals surface area contributed by atoms with Crippen molar-refractivity contribution in [1.29, 1.82) is 5.26 Å². The Kier molecular flexibility index (Phi) is 7.94. The molecule has 0 fully saturated rings. The maximum absolute atomic E-state index is 14.5. The highest BCUT2D eigenvalue weighted by Crippen LogP contribution is 2.44. The van der Waals surface area contributed by atoms with Crippen molar-refractivity contribution in [1.82, 2.24) is 24.6 Å². The molecule has 0 unspecified atom stereocenters. The van der Waals surface area contributed by atoms with E-state index in [0.717, 1.165) is 16.6 Å². The van der Waals surface area contributed by atoms with E-state index in [1.807, 2.05) is 19.0 Å². The summed E-state index contributed by atoms with van der Waals surface area (Å²) >= 11 is 1.22. The quantitative estimate of drug-likeness (QED) is 0.209. The van der Waals surface area contributed by atoms with Gasteiger partial charge in [-0.05, 0) is 36.9 Å². The van der Waals surface area contributed by atoms with Gasteiger partial charge in [0.25, 0.3) is 0 Å². The second-order valence-corrected chi connectivity index (χ2v) is 11.0.